The van der Waals surface area contributed by atoms with E-state index in [9.17, 15) is 9.18 Å². The van der Waals surface area contributed by atoms with Gasteiger partial charge in [-0.1, -0.05) is 0 Å². The van der Waals surface area contributed by atoms with Crippen LogP contribution in [0.25, 0.3) is 0 Å². The second-order valence-corrected chi connectivity index (χ2v) is 6.61. The zero-order chi connectivity index (χ0) is 16.8. The number of amides is 1. The molecule has 1 aliphatic heterocycles. The zero-order valence-corrected chi connectivity index (χ0v) is 13.8. The molecule has 1 fully saturated rings. The van der Waals surface area contributed by atoms with Crippen LogP contribution in [0.1, 0.15) is 42.0 Å². The molecule has 4 rings (SSSR count). The van der Waals surface area contributed by atoms with Gasteiger partial charge in [0, 0.05) is 11.8 Å². The highest BCUT2D eigenvalue weighted by atomic mass is 19.1. The van der Waals surface area contributed by atoms with Crippen molar-refractivity contribution in [2.75, 3.05) is 18.1 Å². The van der Waals surface area contributed by atoms with Crippen LogP contribution in [0.3, 0.4) is 0 Å². The van der Waals surface area contributed by atoms with Gasteiger partial charge in [0.25, 0.3) is 5.91 Å². The summed E-state index contributed by atoms with van der Waals surface area (Å²) < 4.78 is 21.0. The molecule has 0 saturated heterocycles. The molecule has 5 nitrogen and oxygen atoms in total. The number of hydrogen-bond acceptors (Lipinski definition) is 3. The number of halogens is 1. The quantitative estimate of drug-likeness (QED) is 0.868. The number of hydrogen-bond donors (Lipinski definition) is 0. The Labute approximate surface area is 140 Å². The third-order valence-corrected chi connectivity index (χ3v) is 4.86. The first-order valence-corrected chi connectivity index (χ1v) is 8.35. The summed E-state index contributed by atoms with van der Waals surface area (Å²) in [6.45, 7) is 4.89. The topological polar surface area (TPSA) is 47.4 Å². The molecule has 1 saturated carbocycles. The highest BCUT2D eigenvalue weighted by molar-refractivity contribution is 6.06. The van der Waals surface area contributed by atoms with Crippen molar-refractivity contribution in [3.05, 3.63) is 41.5 Å². The fourth-order valence-electron chi connectivity index (χ4n) is 3.32. The molecule has 0 radical (unpaired) electrons. The second-order valence-electron chi connectivity index (χ2n) is 6.61. The summed E-state index contributed by atoms with van der Waals surface area (Å²) in [7, 11) is 0. The molecule has 0 spiro atoms. The number of anilines is 1. The molecule has 2 aromatic rings. The Bertz CT molecular complexity index is 798. The summed E-state index contributed by atoms with van der Waals surface area (Å²) in [6.07, 6.45) is 2.44. The van der Waals surface area contributed by atoms with Crippen LogP contribution >= 0.6 is 0 Å². The van der Waals surface area contributed by atoms with E-state index in [4.69, 9.17) is 4.74 Å². The van der Waals surface area contributed by atoms with Crippen molar-refractivity contribution in [3.63, 3.8) is 0 Å². The molecular weight excluding hydrogens is 309 g/mol. The molecule has 1 aliphatic carbocycles. The van der Waals surface area contributed by atoms with E-state index in [0.717, 1.165) is 5.69 Å². The van der Waals surface area contributed by atoms with Crippen molar-refractivity contribution in [2.45, 2.75) is 32.7 Å². The number of fused-ring (bicyclic) bond motifs is 1. The number of carbonyl (C=O) groups is 1. The number of carbonyl (C=O) groups excluding carboxylic acids is 1. The smallest absolute Gasteiger partial charge is 0.279 e. The van der Waals surface area contributed by atoms with Gasteiger partial charge in [-0.25, -0.2) is 4.39 Å². The lowest BCUT2D eigenvalue weighted by molar-refractivity contribution is 0.0970. The number of aryl methyl sites for hydroxylation is 1. The van der Waals surface area contributed by atoms with Gasteiger partial charge in [-0.2, -0.15) is 5.10 Å². The van der Waals surface area contributed by atoms with Gasteiger partial charge < -0.3 is 4.74 Å². The van der Waals surface area contributed by atoms with Crippen molar-refractivity contribution in [2.24, 2.45) is 5.92 Å². The maximum Gasteiger partial charge on any atom is 0.279 e. The van der Waals surface area contributed by atoms with Gasteiger partial charge in [-0.05, 0) is 50.8 Å². The van der Waals surface area contributed by atoms with Gasteiger partial charge in [0.1, 0.15) is 18.2 Å². The number of aromatic nitrogens is 2. The highest BCUT2D eigenvalue weighted by Crippen LogP contribution is 2.40. The summed E-state index contributed by atoms with van der Waals surface area (Å²) in [4.78, 5) is 14.5. The first-order valence-electron chi connectivity index (χ1n) is 8.35. The summed E-state index contributed by atoms with van der Waals surface area (Å²) in [6, 6.07) is 6.35. The molecule has 1 unspecified atom stereocenters. The fraction of sp³-hybridized carbons (Fsp3) is 0.444. The molecule has 6 heteroatoms. The third-order valence-electron chi connectivity index (χ3n) is 4.86. The SMILES string of the molecule is Cc1cc(C(=O)N2CCOc3ccc(F)cc32)nn1C(C)C1CC1. The molecular formula is C18H20FN3O2. The van der Waals surface area contributed by atoms with Crippen LogP contribution in [0.5, 0.6) is 5.75 Å². The van der Waals surface area contributed by atoms with E-state index in [1.54, 1.807) is 11.0 Å². The van der Waals surface area contributed by atoms with Crippen molar-refractivity contribution in [1.82, 2.24) is 9.78 Å². The summed E-state index contributed by atoms with van der Waals surface area (Å²) in [5.41, 5.74) is 1.84. The molecule has 1 atom stereocenters. The van der Waals surface area contributed by atoms with Crippen LogP contribution in [0, 0.1) is 18.7 Å². The van der Waals surface area contributed by atoms with Crippen LogP contribution in [-0.2, 0) is 0 Å². The van der Waals surface area contributed by atoms with Gasteiger partial charge >= 0.3 is 0 Å². The average Bonchev–Trinajstić information content (AvgIpc) is 3.35. The Morgan fingerprint density at radius 3 is 2.92 bits per heavy atom. The van der Waals surface area contributed by atoms with Crippen molar-refractivity contribution < 1.29 is 13.9 Å². The van der Waals surface area contributed by atoms with E-state index >= 15 is 0 Å². The summed E-state index contributed by atoms with van der Waals surface area (Å²) >= 11 is 0. The lowest BCUT2D eigenvalue weighted by atomic mass is 10.2. The summed E-state index contributed by atoms with van der Waals surface area (Å²) in [5.74, 6) is 0.583. The molecule has 1 amide bonds. The molecule has 1 aromatic carbocycles. The number of ether oxygens (including phenoxy) is 1. The van der Waals surface area contributed by atoms with Crippen LogP contribution < -0.4 is 9.64 Å². The summed E-state index contributed by atoms with van der Waals surface area (Å²) in [5, 5.41) is 4.53. The number of benzene rings is 1. The van der Waals surface area contributed by atoms with Gasteiger partial charge in [0.05, 0.1) is 18.3 Å². The van der Waals surface area contributed by atoms with E-state index in [2.05, 4.69) is 12.0 Å². The lowest BCUT2D eigenvalue weighted by Gasteiger charge is -2.29. The van der Waals surface area contributed by atoms with E-state index in [-0.39, 0.29) is 11.7 Å². The van der Waals surface area contributed by atoms with Crippen LogP contribution in [0.2, 0.25) is 0 Å². The predicted molar refractivity (Wildman–Crippen MR) is 88.0 cm³/mol. The number of rotatable bonds is 3. The first-order chi connectivity index (χ1) is 11.5. The van der Waals surface area contributed by atoms with Crippen molar-refractivity contribution in [3.8, 4) is 5.75 Å². The minimum Gasteiger partial charge on any atom is -0.490 e. The average molecular weight is 329 g/mol. The first kappa shape index (κ1) is 15.2. The van der Waals surface area contributed by atoms with E-state index in [0.29, 0.717) is 42.2 Å². The Kier molecular flexibility index (Phi) is 3.55. The normalized spacial score (nSPS) is 18.0. The van der Waals surface area contributed by atoms with Gasteiger partial charge in [0.2, 0.25) is 0 Å². The minimum absolute atomic E-state index is 0.213. The predicted octanol–water partition coefficient (Wildman–Crippen LogP) is 3.34. The van der Waals surface area contributed by atoms with E-state index in [1.165, 1.54) is 25.0 Å². The lowest BCUT2D eigenvalue weighted by Crippen LogP contribution is -2.38. The maximum atomic E-state index is 13.6. The molecule has 2 aliphatic rings. The standard InChI is InChI=1S/C18H20FN3O2/c1-11-9-15(20-22(11)12(2)13-3-4-13)18(23)21-7-8-24-17-6-5-14(19)10-16(17)21/h5-6,9-10,12-13H,3-4,7-8H2,1-2H3. The Morgan fingerprint density at radius 1 is 1.38 bits per heavy atom. The van der Waals surface area contributed by atoms with Crippen LogP contribution in [0.4, 0.5) is 10.1 Å². The molecule has 2 heterocycles. The third kappa shape index (κ3) is 2.56. The Morgan fingerprint density at radius 2 is 2.17 bits per heavy atom. The fourth-order valence-corrected chi connectivity index (χ4v) is 3.32. The molecule has 24 heavy (non-hydrogen) atoms. The molecule has 0 N–H and O–H groups in total. The Hall–Kier alpha value is -2.37. The number of nitrogens with zero attached hydrogens (tertiary/aromatic N) is 3. The maximum absolute atomic E-state index is 13.6. The monoisotopic (exact) mass is 329 g/mol. The van der Waals surface area contributed by atoms with Crippen LogP contribution in [-0.4, -0.2) is 28.8 Å². The minimum atomic E-state index is -0.388. The zero-order valence-electron chi connectivity index (χ0n) is 13.8. The van der Waals surface area contributed by atoms with Gasteiger partial charge in [-0.15, -0.1) is 0 Å². The molecule has 1 aromatic heterocycles. The van der Waals surface area contributed by atoms with Gasteiger partial charge in [-0.3, -0.25) is 14.4 Å². The van der Waals surface area contributed by atoms with Crippen molar-refractivity contribution >= 4 is 11.6 Å². The Balaban J connectivity index is 1.65. The van der Waals surface area contributed by atoms with Crippen molar-refractivity contribution in [1.29, 1.82) is 0 Å². The molecule has 0 bridgehead atoms. The van der Waals surface area contributed by atoms with E-state index < -0.39 is 0 Å². The largest absolute Gasteiger partial charge is 0.490 e. The second kappa shape index (κ2) is 5.61. The van der Waals surface area contributed by atoms with Gasteiger partial charge in [0.15, 0.2) is 5.69 Å². The van der Waals surface area contributed by atoms with Crippen LogP contribution in [0.15, 0.2) is 24.3 Å². The van der Waals surface area contributed by atoms with E-state index in [1.807, 2.05) is 17.7 Å². The highest BCUT2D eigenvalue weighted by Gasteiger charge is 2.32. The molecule has 126 valence electrons.